The maximum Gasteiger partial charge on any atom is 0.254 e. The molecule has 6 heteroatoms. The third-order valence-corrected chi connectivity index (χ3v) is 7.95. The van der Waals surface area contributed by atoms with Gasteiger partial charge in [-0.3, -0.25) is 9.59 Å². The van der Waals surface area contributed by atoms with Crippen molar-refractivity contribution in [2.75, 3.05) is 26.2 Å². The van der Waals surface area contributed by atoms with E-state index < -0.39 is 0 Å². The van der Waals surface area contributed by atoms with Gasteiger partial charge in [0.15, 0.2) is 0 Å². The van der Waals surface area contributed by atoms with Crippen LogP contribution in [0.5, 0.6) is 5.75 Å². The van der Waals surface area contributed by atoms with Crippen LogP contribution in [-0.4, -0.2) is 47.9 Å². The summed E-state index contributed by atoms with van der Waals surface area (Å²) in [4.78, 5) is 32.0. The summed E-state index contributed by atoms with van der Waals surface area (Å²) >= 11 is 1.74. The van der Waals surface area contributed by atoms with E-state index in [-0.39, 0.29) is 24.4 Å². The van der Waals surface area contributed by atoms with E-state index in [1.54, 1.807) is 16.2 Å². The third-order valence-electron chi connectivity index (χ3n) is 6.95. The van der Waals surface area contributed by atoms with Gasteiger partial charge < -0.3 is 14.5 Å². The van der Waals surface area contributed by atoms with Gasteiger partial charge in [-0.05, 0) is 79.8 Å². The first kappa shape index (κ1) is 23.6. The SMILES string of the molecule is Cc1ccc(OC[C@H]2c3ccsc3CCN2C(=O)CN(CC2CC2)C(=O)c2ccccc2)c(C)c1. The molecule has 182 valence electrons. The topological polar surface area (TPSA) is 49.9 Å². The highest BCUT2D eigenvalue weighted by atomic mass is 32.1. The Kier molecular flexibility index (Phi) is 6.91. The number of amides is 2. The van der Waals surface area contributed by atoms with Crippen LogP contribution in [0.15, 0.2) is 60.0 Å². The first-order valence-corrected chi connectivity index (χ1v) is 13.3. The largest absolute Gasteiger partial charge is 0.491 e. The molecule has 5 rings (SSSR count). The zero-order chi connectivity index (χ0) is 24.4. The van der Waals surface area contributed by atoms with Crippen molar-refractivity contribution in [1.29, 1.82) is 0 Å². The van der Waals surface area contributed by atoms with Crippen molar-refractivity contribution < 1.29 is 14.3 Å². The Labute approximate surface area is 211 Å². The molecule has 1 saturated carbocycles. The molecular weight excluding hydrogens is 456 g/mol. The second-order valence-electron chi connectivity index (χ2n) is 9.73. The molecule has 2 heterocycles. The molecule has 3 aromatic rings. The lowest BCUT2D eigenvalue weighted by molar-refractivity contribution is -0.135. The highest BCUT2D eigenvalue weighted by molar-refractivity contribution is 7.10. The number of nitrogens with zero attached hydrogens (tertiary/aromatic N) is 2. The van der Waals surface area contributed by atoms with Crippen molar-refractivity contribution in [3.8, 4) is 5.75 Å². The van der Waals surface area contributed by atoms with Gasteiger partial charge in [0.1, 0.15) is 18.9 Å². The molecule has 1 atom stereocenters. The Balaban J connectivity index is 1.34. The number of aryl methyl sites for hydroxylation is 2. The Morgan fingerprint density at radius 3 is 2.63 bits per heavy atom. The minimum absolute atomic E-state index is 0.0130. The van der Waals surface area contributed by atoms with Gasteiger partial charge in [0.05, 0.1) is 6.04 Å². The molecule has 2 amide bonds. The van der Waals surface area contributed by atoms with Crippen LogP contribution in [0.25, 0.3) is 0 Å². The summed E-state index contributed by atoms with van der Waals surface area (Å²) in [5, 5.41) is 2.10. The molecule has 0 radical (unpaired) electrons. The van der Waals surface area contributed by atoms with Crippen LogP contribution < -0.4 is 4.74 Å². The molecular formula is C29H32N2O3S. The highest BCUT2D eigenvalue weighted by Gasteiger charge is 2.35. The smallest absolute Gasteiger partial charge is 0.254 e. The zero-order valence-corrected chi connectivity index (χ0v) is 21.2. The van der Waals surface area contributed by atoms with Crippen LogP contribution in [-0.2, 0) is 11.2 Å². The van der Waals surface area contributed by atoms with Crippen LogP contribution in [0.2, 0.25) is 0 Å². The summed E-state index contributed by atoms with van der Waals surface area (Å²) in [6.45, 7) is 5.90. The average Bonchev–Trinajstić information content (AvgIpc) is 3.55. The lowest BCUT2D eigenvalue weighted by Crippen LogP contribution is -2.48. The summed E-state index contributed by atoms with van der Waals surface area (Å²) in [6.07, 6.45) is 3.09. The molecule has 5 nitrogen and oxygen atoms in total. The predicted octanol–water partition coefficient (Wildman–Crippen LogP) is 5.42. The number of carbonyl (C=O) groups excluding carboxylic acids is 2. The van der Waals surface area contributed by atoms with E-state index in [2.05, 4.69) is 24.4 Å². The Morgan fingerprint density at radius 1 is 1.09 bits per heavy atom. The normalized spacial score (nSPS) is 17.1. The van der Waals surface area contributed by atoms with Crippen LogP contribution in [0, 0.1) is 19.8 Å². The quantitative estimate of drug-likeness (QED) is 0.425. The van der Waals surface area contributed by atoms with E-state index in [4.69, 9.17) is 4.74 Å². The first-order chi connectivity index (χ1) is 17.0. The monoisotopic (exact) mass is 488 g/mol. The fourth-order valence-corrected chi connectivity index (χ4v) is 5.78. The van der Waals surface area contributed by atoms with Crippen LogP contribution in [0.3, 0.4) is 0 Å². The molecule has 0 unspecified atom stereocenters. The first-order valence-electron chi connectivity index (χ1n) is 12.4. The number of ether oxygens (including phenoxy) is 1. The van der Waals surface area contributed by atoms with E-state index in [1.165, 1.54) is 16.0 Å². The molecule has 0 spiro atoms. The lowest BCUT2D eigenvalue weighted by Gasteiger charge is -2.37. The summed E-state index contributed by atoms with van der Waals surface area (Å²) in [6, 6.07) is 17.4. The van der Waals surface area contributed by atoms with Crippen LogP contribution in [0.1, 0.15) is 50.8 Å². The van der Waals surface area contributed by atoms with Crippen molar-refractivity contribution >= 4 is 23.2 Å². The predicted molar refractivity (Wildman–Crippen MR) is 139 cm³/mol. The summed E-state index contributed by atoms with van der Waals surface area (Å²) in [7, 11) is 0. The molecule has 1 aliphatic heterocycles. The number of hydrogen-bond donors (Lipinski definition) is 0. The Morgan fingerprint density at radius 2 is 1.89 bits per heavy atom. The lowest BCUT2D eigenvalue weighted by atomic mass is 10.00. The summed E-state index contributed by atoms with van der Waals surface area (Å²) < 4.78 is 6.26. The number of benzene rings is 2. The summed E-state index contributed by atoms with van der Waals surface area (Å²) in [5.74, 6) is 1.27. The fourth-order valence-electron chi connectivity index (χ4n) is 4.85. The third kappa shape index (κ3) is 5.43. The number of carbonyl (C=O) groups is 2. The van der Waals surface area contributed by atoms with Gasteiger partial charge in [-0.2, -0.15) is 0 Å². The Bertz CT molecular complexity index is 1200. The maximum absolute atomic E-state index is 13.7. The van der Waals surface area contributed by atoms with Gasteiger partial charge in [0.2, 0.25) is 5.91 Å². The van der Waals surface area contributed by atoms with Crippen molar-refractivity contribution in [3.63, 3.8) is 0 Å². The van der Waals surface area contributed by atoms with E-state index in [0.717, 1.165) is 30.6 Å². The molecule has 0 bridgehead atoms. The number of thiophene rings is 1. The molecule has 2 aromatic carbocycles. The summed E-state index contributed by atoms with van der Waals surface area (Å²) in [5.41, 5.74) is 4.09. The van der Waals surface area contributed by atoms with Gasteiger partial charge in [-0.25, -0.2) is 0 Å². The minimum atomic E-state index is -0.159. The standard InChI is InChI=1S/C29H32N2O3S/c1-20-8-11-26(21(2)16-20)34-19-25-24-13-15-35-27(24)12-14-31(25)28(32)18-30(17-22-9-10-22)29(33)23-6-4-3-5-7-23/h3-8,11,13,15-16,22,25H,9-10,12,14,17-19H2,1-2H3/t25-/m0/s1. The van der Waals surface area contributed by atoms with E-state index >= 15 is 0 Å². The highest BCUT2D eigenvalue weighted by Crippen LogP contribution is 2.35. The van der Waals surface area contributed by atoms with Gasteiger partial charge in [-0.15, -0.1) is 11.3 Å². The molecule has 0 saturated heterocycles. The van der Waals surface area contributed by atoms with E-state index in [1.807, 2.05) is 54.3 Å². The molecule has 1 fully saturated rings. The van der Waals surface area contributed by atoms with E-state index in [0.29, 0.717) is 31.2 Å². The van der Waals surface area contributed by atoms with E-state index in [9.17, 15) is 9.59 Å². The van der Waals surface area contributed by atoms with Gasteiger partial charge in [-0.1, -0.05) is 35.9 Å². The molecule has 0 N–H and O–H groups in total. The van der Waals surface area contributed by atoms with Crippen molar-refractivity contribution in [3.05, 3.63) is 87.1 Å². The van der Waals surface area contributed by atoms with Crippen LogP contribution in [0.4, 0.5) is 0 Å². The van der Waals surface area contributed by atoms with Crippen molar-refractivity contribution in [2.45, 2.75) is 39.2 Å². The maximum atomic E-state index is 13.7. The number of hydrogen-bond acceptors (Lipinski definition) is 4. The van der Waals surface area contributed by atoms with Gasteiger partial charge in [0, 0.05) is 23.5 Å². The molecule has 1 aliphatic carbocycles. The Hall–Kier alpha value is -3.12. The molecule has 2 aliphatic rings. The van der Waals surface area contributed by atoms with Gasteiger partial charge in [0.25, 0.3) is 5.91 Å². The fraction of sp³-hybridized carbons (Fsp3) is 0.379. The van der Waals surface area contributed by atoms with Gasteiger partial charge >= 0.3 is 0 Å². The molecule has 35 heavy (non-hydrogen) atoms. The second kappa shape index (κ2) is 10.2. The minimum Gasteiger partial charge on any atom is -0.491 e. The zero-order valence-electron chi connectivity index (χ0n) is 20.4. The van der Waals surface area contributed by atoms with Crippen LogP contribution >= 0.6 is 11.3 Å². The number of rotatable bonds is 8. The average molecular weight is 489 g/mol. The van der Waals surface area contributed by atoms with Crippen molar-refractivity contribution in [2.24, 2.45) is 5.92 Å². The van der Waals surface area contributed by atoms with Crippen molar-refractivity contribution in [1.82, 2.24) is 9.80 Å². The second-order valence-corrected chi connectivity index (χ2v) is 10.7. The number of fused-ring (bicyclic) bond motifs is 1. The molecule has 1 aromatic heterocycles.